The van der Waals surface area contributed by atoms with Crippen LogP contribution in [0.15, 0.2) is 48.5 Å². The lowest BCUT2D eigenvalue weighted by atomic mass is 9.93. The second kappa shape index (κ2) is 7.09. The molecule has 106 valence electrons. The van der Waals surface area contributed by atoms with E-state index in [1.54, 1.807) is 0 Å². The van der Waals surface area contributed by atoms with Crippen molar-refractivity contribution in [3.63, 3.8) is 0 Å². The van der Waals surface area contributed by atoms with E-state index in [9.17, 15) is 0 Å². The van der Waals surface area contributed by atoms with Crippen LogP contribution >= 0.6 is 23.2 Å². The van der Waals surface area contributed by atoms with Gasteiger partial charge in [-0.25, -0.2) is 0 Å². The molecule has 4 heteroatoms. The van der Waals surface area contributed by atoms with Gasteiger partial charge < -0.3 is 10.6 Å². The minimum Gasteiger partial charge on any atom is -0.311 e. The van der Waals surface area contributed by atoms with Crippen molar-refractivity contribution in [2.75, 3.05) is 14.1 Å². The van der Waals surface area contributed by atoms with Gasteiger partial charge in [0.25, 0.3) is 0 Å². The molecule has 0 saturated heterocycles. The summed E-state index contributed by atoms with van der Waals surface area (Å²) < 4.78 is 0. The molecule has 0 aliphatic heterocycles. The van der Waals surface area contributed by atoms with Crippen molar-refractivity contribution < 1.29 is 0 Å². The molecule has 2 aromatic rings. The Morgan fingerprint density at radius 3 is 1.20 bits per heavy atom. The smallest absolute Gasteiger partial charge is 0.0515 e. The second-order valence-corrected chi connectivity index (χ2v) is 5.51. The van der Waals surface area contributed by atoms with Crippen molar-refractivity contribution in [3.8, 4) is 0 Å². The fourth-order valence-electron chi connectivity index (χ4n) is 2.39. The Balaban J connectivity index is 2.32. The summed E-state index contributed by atoms with van der Waals surface area (Å²) >= 11 is 11.9. The molecule has 2 nitrogen and oxygen atoms in total. The quantitative estimate of drug-likeness (QED) is 0.864. The zero-order chi connectivity index (χ0) is 14.5. The highest BCUT2D eigenvalue weighted by Gasteiger charge is 2.21. The topological polar surface area (TPSA) is 24.1 Å². The first-order valence-corrected chi connectivity index (χ1v) is 7.26. The van der Waals surface area contributed by atoms with E-state index >= 15 is 0 Å². The summed E-state index contributed by atoms with van der Waals surface area (Å²) in [5.74, 6) is 0. The maximum absolute atomic E-state index is 5.96. The van der Waals surface area contributed by atoms with Gasteiger partial charge in [-0.3, -0.25) is 0 Å². The molecule has 2 atom stereocenters. The Morgan fingerprint density at radius 2 is 0.950 bits per heavy atom. The van der Waals surface area contributed by atoms with Gasteiger partial charge >= 0.3 is 0 Å². The Hall–Kier alpha value is -1.06. The normalized spacial score (nSPS) is 14.0. The predicted octanol–water partition coefficient (Wildman–Crippen LogP) is 4.21. The number of hydrogen-bond donors (Lipinski definition) is 2. The van der Waals surface area contributed by atoms with Crippen molar-refractivity contribution in [3.05, 3.63) is 69.7 Å². The summed E-state index contributed by atoms with van der Waals surface area (Å²) in [7, 11) is 3.92. The van der Waals surface area contributed by atoms with Crippen molar-refractivity contribution in [2.24, 2.45) is 0 Å². The SMILES string of the molecule is CN[C@@H](c1ccc(Cl)cc1)[C@@H](NC)c1ccc(Cl)cc1. The average Bonchev–Trinajstić information content (AvgIpc) is 2.47. The Labute approximate surface area is 130 Å². The van der Waals surface area contributed by atoms with E-state index in [4.69, 9.17) is 23.2 Å². The van der Waals surface area contributed by atoms with Crippen LogP contribution < -0.4 is 10.6 Å². The van der Waals surface area contributed by atoms with E-state index in [0.717, 1.165) is 10.0 Å². The lowest BCUT2D eigenvalue weighted by molar-refractivity contribution is 0.432. The predicted molar refractivity (Wildman–Crippen MR) is 86.5 cm³/mol. The number of likely N-dealkylation sites (N-methyl/N-ethyl adjacent to an activating group) is 2. The molecule has 2 aromatic carbocycles. The molecule has 0 heterocycles. The first-order valence-electron chi connectivity index (χ1n) is 6.51. The molecule has 0 unspecified atom stereocenters. The summed E-state index contributed by atoms with van der Waals surface area (Å²) in [4.78, 5) is 0. The third kappa shape index (κ3) is 3.53. The molecule has 0 spiro atoms. The zero-order valence-electron chi connectivity index (χ0n) is 11.5. The monoisotopic (exact) mass is 308 g/mol. The van der Waals surface area contributed by atoms with Crippen LogP contribution in [-0.2, 0) is 0 Å². The molecular formula is C16H18Cl2N2. The maximum atomic E-state index is 5.96. The van der Waals surface area contributed by atoms with Crippen molar-refractivity contribution in [1.82, 2.24) is 10.6 Å². The fourth-order valence-corrected chi connectivity index (χ4v) is 2.64. The van der Waals surface area contributed by atoms with Crippen molar-refractivity contribution >= 4 is 23.2 Å². The Bertz CT molecular complexity index is 486. The molecule has 0 aliphatic rings. The van der Waals surface area contributed by atoms with Crippen molar-refractivity contribution in [1.29, 1.82) is 0 Å². The van der Waals surface area contributed by atoms with E-state index in [2.05, 4.69) is 10.6 Å². The van der Waals surface area contributed by atoms with Gasteiger partial charge in [-0.1, -0.05) is 47.5 Å². The van der Waals surface area contributed by atoms with Crippen LogP contribution in [0.1, 0.15) is 23.2 Å². The molecule has 2 N–H and O–H groups in total. The Kier molecular flexibility index (Phi) is 5.44. The fraction of sp³-hybridized carbons (Fsp3) is 0.250. The molecule has 0 saturated carbocycles. The lowest BCUT2D eigenvalue weighted by Gasteiger charge is -2.27. The second-order valence-electron chi connectivity index (χ2n) is 4.64. The summed E-state index contributed by atoms with van der Waals surface area (Å²) in [6.07, 6.45) is 0. The largest absolute Gasteiger partial charge is 0.311 e. The van der Waals surface area contributed by atoms with E-state index in [0.29, 0.717) is 0 Å². The molecule has 0 amide bonds. The Morgan fingerprint density at radius 1 is 0.650 bits per heavy atom. The van der Waals surface area contributed by atoms with E-state index < -0.39 is 0 Å². The molecule has 0 bridgehead atoms. The van der Waals surface area contributed by atoms with Crippen molar-refractivity contribution in [2.45, 2.75) is 12.1 Å². The van der Waals surface area contributed by atoms with Gasteiger partial charge in [-0.2, -0.15) is 0 Å². The van der Waals surface area contributed by atoms with Crippen LogP contribution in [0.5, 0.6) is 0 Å². The maximum Gasteiger partial charge on any atom is 0.0515 e. The minimum atomic E-state index is 0.151. The number of nitrogens with one attached hydrogen (secondary N) is 2. The van der Waals surface area contributed by atoms with Crippen LogP contribution in [-0.4, -0.2) is 14.1 Å². The van der Waals surface area contributed by atoms with Gasteiger partial charge in [-0.05, 0) is 49.5 Å². The van der Waals surface area contributed by atoms with Crippen LogP contribution in [0.2, 0.25) is 10.0 Å². The van der Waals surface area contributed by atoms with Gasteiger partial charge in [0.15, 0.2) is 0 Å². The first-order chi connectivity index (χ1) is 9.65. The highest BCUT2D eigenvalue weighted by Crippen LogP contribution is 2.29. The van der Waals surface area contributed by atoms with E-state index in [1.165, 1.54) is 11.1 Å². The lowest BCUT2D eigenvalue weighted by Crippen LogP contribution is -2.31. The van der Waals surface area contributed by atoms with Gasteiger partial charge in [-0.15, -0.1) is 0 Å². The van der Waals surface area contributed by atoms with Crippen LogP contribution in [0.3, 0.4) is 0 Å². The van der Waals surface area contributed by atoms with E-state index in [1.807, 2.05) is 62.6 Å². The third-order valence-corrected chi connectivity index (χ3v) is 3.92. The standard InChI is InChI=1S/C16H18Cl2N2/c1-19-15(11-3-7-13(17)8-4-11)16(20-2)12-5-9-14(18)10-6-12/h3-10,15-16,19-20H,1-2H3/t15-,16-/m0/s1. The first kappa shape index (κ1) is 15.3. The van der Waals surface area contributed by atoms with Crippen LogP contribution in [0.4, 0.5) is 0 Å². The molecule has 2 rings (SSSR count). The molecule has 0 aromatic heterocycles. The van der Waals surface area contributed by atoms with Crippen LogP contribution in [0.25, 0.3) is 0 Å². The van der Waals surface area contributed by atoms with Gasteiger partial charge in [0.1, 0.15) is 0 Å². The third-order valence-electron chi connectivity index (χ3n) is 3.41. The van der Waals surface area contributed by atoms with Gasteiger partial charge in [0.05, 0.1) is 12.1 Å². The average molecular weight is 309 g/mol. The summed E-state index contributed by atoms with van der Waals surface area (Å²) in [6, 6.07) is 16.1. The summed E-state index contributed by atoms with van der Waals surface area (Å²) in [6.45, 7) is 0. The van der Waals surface area contributed by atoms with Gasteiger partial charge in [0, 0.05) is 10.0 Å². The molecule has 0 aliphatic carbocycles. The number of hydrogen-bond acceptors (Lipinski definition) is 2. The molecule has 0 fully saturated rings. The van der Waals surface area contributed by atoms with E-state index in [-0.39, 0.29) is 12.1 Å². The summed E-state index contributed by atoms with van der Waals surface area (Å²) in [5, 5.41) is 8.22. The molecule has 0 radical (unpaired) electrons. The molecule has 20 heavy (non-hydrogen) atoms. The number of rotatable bonds is 5. The molecular weight excluding hydrogens is 291 g/mol. The highest BCUT2D eigenvalue weighted by molar-refractivity contribution is 6.30. The number of benzene rings is 2. The zero-order valence-corrected chi connectivity index (χ0v) is 13.0. The minimum absolute atomic E-state index is 0.151. The summed E-state index contributed by atoms with van der Waals surface area (Å²) in [5.41, 5.74) is 2.37. The highest BCUT2D eigenvalue weighted by atomic mass is 35.5. The van der Waals surface area contributed by atoms with Gasteiger partial charge in [0.2, 0.25) is 0 Å². The number of halogens is 2. The van der Waals surface area contributed by atoms with Crippen LogP contribution in [0, 0.1) is 0 Å².